The summed E-state index contributed by atoms with van der Waals surface area (Å²) >= 11 is 0. The van der Waals surface area contributed by atoms with Crippen molar-refractivity contribution in [3.05, 3.63) is 30.0 Å². The van der Waals surface area contributed by atoms with Gasteiger partial charge in [-0.3, -0.25) is 9.36 Å². The van der Waals surface area contributed by atoms with Crippen molar-refractivity contribution >= 4 is 34.7 Å². The lowest BCUT2D eigenvalue weighted by Crippen LogP contribution is -2.46. The number of hydrogen-bond donors (Lipinski definition) is 2. The summed E-state index contributed by atoms with van der Waals surface area (Å²) in [5.74, 6) is -0.344. The summed E-state index contributed by atoms with van der Waals surface area (Å²) in [4.78, 5) is 37.5. The third-order valence-corrected chi connectivity index (χ3v) is 4.19. The van der Waals surface area contributed by atoms with Crippen molar-refractivity contribution in [3.63, 3.8) is 0 Å². The Morgan fingerprint density at radius 1 is 1.10 bits per heavy atom. The molecule has 0 spiro atoms. The first kappa shape index (κ1) is 20.7. The molecule has 1 aromatic heterocycles. The summed E-state index contributed by atoms with van der Waals surface area (Å²) in [5.41, 5.74) is 0.642. The SMILES string of the molecule is CC(C)(C)OC(=O)N[C@H]1Cc2cn(C(=O)OC(C)(C)C)c3cccc(c23)NC1=O. The van der Waals surface area contributed by atoms with E-state index in [1.165, 1.54) is 4.57 Å². The molecule has 2 aromatic rings. The molecule has 29 heavy (non-hydrogen) atoms. The number of rotatable bonds is 1. The maximum absolute atomic E-state index is 12.7. The number of carbonyl (C=O) groups is 3. The molecular formula is C21H27N3O5. The van der Waals surface area contributed by atoms with Crippen molar-refractivity contribution in [3.8, 4) is 0 Å². The van der Waals surface area contributed by atoms with Crippen LogP contribution >= 0.6 is 0 Å². The minimum absolute atomic E-state index is 0.217. The average molecular weight is 401 g/mol. The minimum atomic E-state index is -0.838. The topological polar surface area (TPSA) is 98.7 Å². The van der Waals surface area contributed by atoms with E-state index in [9.17, 15) is 14.4 Å². The molecule has 1 aliphatic rings. The molecule has 0 saturated carbocycles. The quantitative estimate of drug-likeness (QED) is 0.757. The number of hydrogen-bond acceptors (Lipinski definition) is 5. The highest BCUT2D eigenvalue weighted by atomic mass is 16.6. The molecule has 1 aliphatic heterocycles. The highest BCUT2D eigenvalue weighted by Gasteiger charge is 2.31. The molecule has 1 atom stereocenters. The highest BCUT2D eigenvalue weighted by molar-refractivity contribution is 6.09. The van der Waals surface area contributed by atoms with Crippen molar-refractivity contribution in [2.24, 2.45) is 0 Å². The predicted octanol–water partition coefficient (Wildman–Crippen LogP) is 3.81. The van der Waals surface area contributed by atoms with Gasteiger partial charge in [-0.25, -0.2) is 9.59 Å². The number of carbonyl (C=O) groups excluding carboxylic acids is 3. The first-order chi connectivity index (χ1) is 13.3. The Bertz CT molecular complexity index is 979. The zero-order chi connectivity index (χ0) is 21.6. The number of ether oxygens (including phenoxy) is 2. The van der Waals surface area contributed by atoms with E-state index in [1.54, 1.807) is 65.9 Å². The second kappa shape index (κ2) is 7.09. The Kier molecular flexibility index (Phi) is 5.06. The van der Waals surface area contributed by atoms with E-state index in [2.05, 4.69) is 10.6 Å². The fourth-order valence-corrected chi connectivity index (χ4v) is 3.19. The maximum atomic E-state index is 12.7. The third kappa shape index (κ3) is 4.70. The summed E-state index contributed by atoms with van der Waals surface area (Å²) < 4.78 is 12.2. The van der Waals surface area contributed by atoms with E-state index in [0.29, 0.717) is 11.2 Å². The monoisotopic (exact) mass is 401 g/mol. The van der Waals surface area contributed by atoms with E-state index in [1.807, 2.05) is 0 Å². The number of nitrogens with one attached hydrogen (secondary N) is 2. The molecular weight excluding hydrogens is 374 g/mol. The van der Waals surface area contributed by atoms with Crippen LogP contribution in [0.25, 0.3) is 10.9 Å². The van der Waals surface area contributed by atoms with Crippen molar-refractivity contribution < 1.29 is 23.9 Å². The summed E-state index contributed by atoms with van der Waals surface area (Å²) in [6, 6.07) is 4.47. The van der Waals surface area contributed by atoms with E-state index in [0.717, 1.165) is 10.9 Å². The molecule has 1 aromatic carbocycles. The second-order valence-electron chi connectivity index (χ2n) is 9.10. The maximum Gasteiger partial charge on any atom is 0.419 e. The third-order valence-electron chi connectivity index (χ3n) is 4.19. The molecule has 8 heteroatoms. The van der Waals surface area contributed by atoms with Gasteiger partial charge in [0.05, 0.1) is 11.2 Å². The molecule has 8 nitrogen and oxygen atoms in total. The standard InChI is InChI=1S/C21H27N3O5/c1-20(2,3)28-18(26)23-14-10-12-11-24(19(27)29-21(4,5)6)15-9-7-8-13(16(12)15)22-17(14)25/h7-9,11,14H,10H2,1-6H3,(H,22,25)(H,23,26)/t14-/m0/s1. The Morgan fingerprint density at radius 2 is 1.76 bits per heavy atom. The van der Waals surface area contributed by atoms with Crippen molar-refractivity contribution in [2.45, 2.75) is 65.2 Å². The number of anilines is 1. The molecule has 3 rings (SSSR count). The zero-order valence-corrected chi connectivity index (χ0v) is 17.6. The number of alkyl carbamates (subject to hydrolysis) is 1. The van der Waals surface area contributed by atoms with Crippen molar-refractivity contribution in [1.29, 1.82) is 0 Å². The fraction of sp³-hybridized carbons (Fsp3) is 0.476. The first-order valence-corrected chi connectivity index (χ1v) is 9.51. The second-order valence-corrected chi connectivity index (χ2v) is 9.10. The molecule has 0 aliphatic carbocycles. The molecule has 0 bridgehead atoms. The fourth-order valence-electron chi connectivity index (χ4n) is 3.19. The smallest absolute Gasteiger partial charge is 0.419 e. The summed E-state index contributed by atoms with van der Waals surface area (Å²) in [6.07, 6.45) is 0.696. The number of nitrogens with zero attached hydrogens (tertiary/aromatic N) is 1. The van der Waals surface area contributed by atoms with E-state index < -0.39 is 29.4 Å². The van der Waals surface area contributed by atoms with Gasteiger partial charge < -0.3 is 20.1 Å². The minimum Gasteiger partial charge on any atom is -0.444 e. The zero-order valence-electron chi connectivity index (χ0n) is 17.6. The molecule has 156 valence electrons. The largest absolute Gasteiger partial charge is 0.444 e. The van der Waals surface area contributed by atoms with Crippen LogP contribution in [0.2, 0.25) is 0 Å². The number of amides is 2. The lowest BCUT2D eigenvalue weighted by Gasteiger charge is -2.22. The van der Waals surface area contributed by atoms with Crippen LogP contribution < -0.4 is 10.6 Å². The Hall–Kier alpha value is -3.03. The molecule has 2 amide bonds. The van der Waals surface area contributed by atoms with E-state index in [4.69, 9.17) is 9.47 Å². The number of aromatic nitrogens is 1. The van der Waals surface area contributed by atoms with Gasteiger partial charge in [-0.2, -0.15) is 0 Å². The molecule has 0 radical (unpaired) electrons. The normalized spacial score (nSPS) is 16.8. The van der Waals surface area contributed by atoms with Gasteiger partial charge in [0.25, 0.3) is 0 Å². The first-order valence-electron chi connectivity index (χ1n) is 9.51. The van der Waals surface area contributed by atoms with Crippen LogP contribution in [0.4, 0.5) is 15.3 Å². The Morgan fingerprint density at radius 3 is 2.38 bits per heavy atom. The van der Waals surface area contributed by atoms with Crippen molar-refractivity contribution in [1.82, 2.24) is 9.88 Å². The molecule has 2 heterocycles. The van der Waals surface area contributed by atoms with Crippen LogP contribution in [-0.4, -0.2) is 39.9 Å². The van der Waals surface area contributed by atoms with Crippen LogP contribution in [-0.2, 0) is 20.7 Å². The molecule has 0 saturated heterocycles. The van der Waals surface area contributed by atoms with Crippen molar-refractivity contribution in [2.75, 3.05) is 5.32 Å². The van der Waals surface area contributed by atoms with Crippen LogP contribution in [0.15, 0.2) is 24.4 Å². The predicted molar refractivity (Wildman–Crippen MR) is 109 cm³/mol. The van der Waals surface area contributed by atoms with Gasteiger partial charge in [0.1, 0.15) is 17.2 Å². The summed E-state index contributed by atoms with van der Waals surface area (Å²) in [6.45, 7) is 10.6. The Balaban J connectivity index is 1.95. The van der Waals surface area contributed by atoms with Gasteiger partial charge in [0.2, 0.25) is 5.91 Å². The van der Waals surface area contributed by atoms with Gasteiger partial charge in [0, 0.05) is 18.0 Å². The van der Waals surface area contributed by atoms with Gasteiger partial charge in [-0.15, -0.1) is 0 Å². The summed E-state index contributed by atoms with van der Waals surface area (Å²) in [7, 11) is 0. The van der Waals surface area contributed by atoms with Crippen LogP contribution in [0.1, 0.15) is 47.1 Å². The van der Waals surface area contributed by atoms with E-state index in [-0.39, 0.29) is 12.3 Å². The van der Waals surface area contributed by atoms with E-state index >= 15 is 0 Å². The average Bonchev–Trinajstić information content (AvgIpc) is 2.84. The lowest BCUT2D eigenvalue weighted by molar-refractivity contribution is -0.118. The van der Waals surface area contributed by atoms with Gasteiger partial charge >= 0.3 is 12.2 Å². The Labute approximate surface area is 169 Å². The van der Waals surface area contributed by atoms with Crippen LogP contribution in [0, 0.1) is 0 Å². The molecule has 0 fully saturated rings. The number of benzene rings is 1. The lowest BCUT2D eigenvalue weighted by atomic mass is 10.1. The molecule has 2 N–H and O–H groups in total. The highest BCUT2D eigenvalue weighted by Crippen LogP contribution is 2.32. The van der Waals surface area contributed by atoms with Gasteiger partial charge in [-0.05, 0) is 59.2 Å². The molecule has 0 unspecified atom stereocenters. The van der Waals surface area contributed by atoms with Crippen LogP contribution in [0.5, 0.6) is 0 Å². The van der Waals surface area contributed by atoms with Gasteiger partial charge in [-0.1, -0.05) is 6.07 Å². The van der Waals surface area contributed by atoms with Gasteiger partial charge in [0.15, 0.2) is 0 Å². The van der Waals surface area contributed by atoms with Crippen LogP contribution in [0.3, 0.4) is 0 Å². The summed E-state index contributed by atoms with van der Waals surface area (Å²) in [5, 5.41) is 6.20.